The van der Waals surface area contributed by atoms with E-state index in [1.165, 1.54) is 5.56 Å². The Bertz CT molecular complexity index is 399. The van der Waals surface area contributed by atoms with Gasteiger partial charge in [-0.25, -0.2) is 9.98 Å². The molecule has 0 radical (unpaired) electrons. The van der Waals surface area contributed by atoms with Crippen LogP contribution in [0.15, 0.2) is 17.3 Å². The van der Waals surface area contributed by atoms with Crippen LogP contribution in [0.25, 0.3) is 0 Å². The first-order chi connectivity index (χ1) is 6.47. The zero-order chi connectivity index (χ0) is 10.3. The summed E-state index contributed by atoms with van der Waals surface area (Å²) in [5.74, 6) is 1.45. The molecule has 2 N–H and O–H groups in total. The van der Waals surface area contributed by atoms with E-state index >= 15 is 0 Å². The van der Waals surface area contributed by atoms with Crippen LogP contribution in [0.4, 0.5) is 5.82 Å². The Labute approximate surface area is 84.1 Å². The minimum atomic E-state index is 0.138. The van der Waals surface area contributed by atoms with E-state index in [2.05, 4.69) is 36.8 Å². The van der Waals surface area contributed by atoms with E-state index < -0.39 is 0 Å². The standard InChI is InChI=1S/C11H15N3/c1-11(2,3)8-4-7-5-9(12)14-10(7)13-6-8/h4,6H,5H2,1-3H3,(H2,12,13,14). The Morgan fingerprint density at radius 1 is 1.36 bits per heavy atom. The summed E-state index contributed by atoms with van der Waals surface area (Å²) in [6.45, 7) is 6.53. The smallest absolute Gasteiger partial charge is 0.157 e. The van der Waals surface area contributed by atoms with Gasteiger partial charge in [0.1, 0.15) is 5.84 Å². The summed E-state index contributed by atoms with van der Waals surface area (Å²) >= 11 is 0. The lowest BCUT2D eigenvalue weighted by Gasteiger charge is -2.18. The van der Waals surface area contributed by atoms with Crippen molar-refractivity contribution in [2.75, 3.05) is 0 Å². The van der Waals surface area contributed by atoms with Gasteiger partial charge in [-0.3, -0.25) is 0 Å². The number of nitrogens with two attached hydrogens (primary N) is 1. The van der Waals surface area contributed by atoms with Gasteiger partial charge in [-0.1, -0.05) is 20.8 Å². The summed E-state index contributed by atoms with van der Waals surface area (Å²) in [6.07, 6.45) is 2.63. The summed E-state index contributed by atoms with van der Waals surface area (Å²) < 4.78 is 0. The van der Waals surface area contributed by atoms with Crippen molar-refractivity contribution in [1.29, 1.82) is 0 Å². The van der Waals surface area contributed by atoms with Crippen molar-refractivity contribution in [3.05, 3.63) is 23.4 Å². The quantitative estimate of drug-likeness (QED) is 0.678. The third-order valence-corrected chi connectivity index (χ3v) is 2.43. The predicted molar refractivity (Wildman–Crippen MR) is 57.9 cm³/mol. The molecule has 0 unspecified atom stereocenters. The molecule has 0 spiro atoms. The maximum absolute atomic E-state index is 5.65. The number of hydrogen-bond donors (Lipinski definition) is 1. The van der Waals surface area contributed by atoms with Gasteiger partial charge in [0.05, 0.1) is 0 Å². The molecule has 14 heavy (non-hydrogen) atoms. The number of hydrogen-bond acceptors (Lipinski definition) is 3. The number of aliphatic imine (C=N–C) groups is 1. The van der Waals surface area contributed by atoms with Crippen molar-refractivity contribution in [2.24, 2.45) is 10.7 Å². The molecule has 0 saturated carbocycles. The minimum Gasteiger partial charge on any atom is -0.387 e. The van der Waals surface area contributed by atoms with Crippen LogP contribution >= 0.6 is 0 Å². The second-order valence-electron chi connectivity index (χ2n) is 4.74. The molecule has 74 valence electrons. The van der Waals surface area contributed by atoms with E-state index in [-0.39, 0.29) is 5.41 Å². The van der Waals surface area contributed by atoms with Crippen LogP contribution in [0.1, 0.15) is 31.9 Å². The summed E-state index contributed by atoms with van der Waals surface area (Å²) in [5, 5.41) is 0. The normalized spacial score (nSPS) is 15.2. The predicted octanol–water partition coefficient (Wildman–Crippen LogP) is 1.92. The third-order valence-electron chi connectivity index (χ3n) is 2.43. The van der Waals surface area contributed by atoms with Crippen LogP contribution < -0.4 is 5.73 Å². The van der Waals surface area contributed by atoms with Gasteiger partial charge in [0.2, 0.25) is 0 Å². The monoisotopic (exact) mass is 189 g/mol. The van der Waals surface area contributed by atoms with E-state index in [4.69, 9.17) is 5.73 Å². The molecule has 1 aromatic heterocycles. The maximum Gasteiger partial charge on any atom is 0.157 e. The van der Waals surface area contributed by atoms with E-state index in [1.807, 2.05) is 6.20 Å². The lowest BCUT2D eigenvalue weighted by atomic mass is 9.87. The summed E-state index contributed by atoms with van der Waals surface area (Å²) in [6, 6.07) is 2.16. The fraction of sp³-hybridized carbons (Fsp3) is 0.455. The molecule has 2 rings (SSSR count). The fourth-order valence-electron chi connectivity index (χ4n) is 1.51. The molecule has 3 heteroatoms. The molecule has 1 aliphatic heterocycles. The summed E-state index contributed by atoms with van der Waals surface area (Å²) in [7, 11) is 0. The van der Waals surface area contributed by atoms with Crippen LogP contribution in [0.3, 0.4) is 0 Å². The first-order valence-corrected chi connectivity index (χ1v) is 4.79. The van der Waals surface area contributed by atoms with Crippen molar-refractivity contribution in [3.63, 3.8) is 0 Å². The Morgan fingerprint density at radius 3 is 2.71 bits per heavy atom. The second kappa shape index (κ2) is 2.80. The average Bonchev–Trinajstić information content (AvgIpc) is 2.41. The van der Waals surface area contributed by atoms with Crippen LogP contribution in [-0.4, -0.2) is 10.8 Å². The Kier molecular flexibility index (Phi) is 1.84. The number of fused-ring (bicyclic) bond motifs is 1. The van der Waals surface area contributed by atoms with Gasteiger partial charge < -0.3 is 5.73 Å². The number of aromatic nitrogens is 1. The van der Waals surface area contributed by atoms with E-state index in [1.54, 1.807) is 0 Å². The van der Waals surface area contributed by atoms with Crippen molar-refractivity contribution in [1.82, 2.24) is 4.98 Å². The molecule has 0 amide bonds. The highest BCUT2D eigenvalue weighted by molar-refractivity contribution is 5.89. The first-order valence-electron chi connectivity index (χ1n) is 4.79. The molecule has 0 aliphatic carbocycles. The van der Waals surface area contributed by atoms with Gasteiger partial charge in [0.25, 0.3) is 0 Å². The second-order valence-corrected chi connectivity index (χ2v) is 4.74. The van der Waals surface area contributed by atoms with Gasteiger partial charge in [-0.15, -0.1) is 0 Å². The number of rotatable bonds is 0. The zero-order valence-corrected chi connectivity index (χ0v) is 8.83. The molecule has 3 nitrogen and oxygen atoms in total. The highest BCUT2D eigenvalue weighted by atomic mass is 15.0. The fourth-order valence-corrected chi connectivity index (χ4v) is 1.51. The van der Waals surface area contributed by atoms with Crippen LogP contribution in [0.2, 0.25) is 0 Å². The van der Waals surface area contributed by atoms with Gasteiger partial charge in [0, 0.05) is 18.2 Å². The number of pyridine rings is 1. The van der Waals surface area contributed by atoms with Crippen molar-refractivity contribution in [3.8, 4) is 0 Å². The van der Waals surface area contributed by atoms with E-state index in [0.29, 0.717) is 5.84 Å². The molecular formula is C11H15N3. The molecule has 0 aromatic carbocycles. The number of amidine groups is 1. The highest BCUT2D eigenvalue weighted by Crippen LogP contribution is 2.28. The minimum absolute atomic E-state index is 0.138. The van der Waals surface area contributed by atoms with Gasteiger partial charge in [-0.05, 0) is 17.0 Å². The van der Waals surface area contributed by atoms with E-state index in [0.717, 1.165) is 17.8 Å². The molecule has 1 aliphatic rings. The van der Waals surface area contributed by atoms with Crippen molar-refractivity contribution < 1.29 is 0 Å². The largest absolute Gasteiger partial charge is 0.387 e. The van der Waals surface area contributed by atoms with Gasteiger partial charge >= 0.3 is 0 Å². The molecule has 2 heterocycles. The molecule has 1 aromatic rings. The lowest BCUT2D eigenvalue weighted by molar-refractivity contribution is 0.587. The Hall–Kier alpha value is -1.38. The number of nitrogens with zero attached hydrogens (tertiary/aromatic N) is 2. The van der Waals surface area contributed by atoms with Crippen molar-refractivity contribution >= 4 is 11.7 Å². The SMILES string of the molecule is CC(C)(C)c1cnc2c(c1)CC(N)=N2. The molecule has 0 atom stereocenters. The Balaban J connectivity index is 2.42. The third kappa shape index (κ3) is 1.50. The van der Waals surface area contributed by atoms with Crippen LogP contribution in [0.5, 0.6) is 0 Å². The highest BCUT2D eigenvalue weighted by Gasteiger charge is 2.19. The summed E-state index contributed by atoms with van der Waals surface area (Å²) in [4.78, 5) is 8.47. The molecule has 0 fully saturated rings. The molecule has 0 bridgehead atoms. The van der Waals surface area contributed by atoms with Gasteiger partial charge in [0.15, 0.2) is 5.82 Å². The van der Waals surface area contributed by atoms with Crippen LogP contribution in [-0.2, 0) is 11.8 Å². The van der Waals surface area contributed by atoms with Gasteiger partial charge in [-0.2, -0.15) is 0 Å². The van der Waals surface area contributed by atoms with Crippen molar-refractivity contribution in [2.45, 2.75) is 32.6 Å². The Morgan fingerprint density at radius 2 is 2.07 bits per heavy atom. The van der Waals surface area contributed by atoms with Crippen LogP contribution in [0, 0.1) is 0 Å². The van der Waals surface area contributed by atoms with E-state index in [9.17, 15) is 0 Å². The molecular weight excluding hydrogens is 174 g/mol. The zero-order valence-electron chi connectivity index (χ0n) is 8.83. The topological polar surface area (TPSA) is 51.3 Å². The lowest BCUT2D eigenvalue weighted by Crippen LogP contribution is -2.13. The summed E-state index contributed by atoms with van der Waals surface area (Å²) in [5.41, 5.74) is 8.18. The maximum atomic E-state index is 5.65. The molecule has 0 saturated heterocycles. The first kappa shape index (κ1) is 9.19. The average molecular weight is 189 g/mol.